The standard InChI is InChI=1S/C21H24N2O2/c1-4-16-6-5-7-18(11-16)23-13-17(12-20(23)24)21(25)22-19-9-8-14(2)10-15(19)3/h5-11,17H,4,12-13H2,1-3H3,(H,22,25)/t17-/m1/s1. The minimum absolute atomic E-state index is 0.00836. The molecule has 130 valence electrons. The molecule has 1 heterocycles. The average Bonchev–Trinajstić information content (AvgIpc) is 2.99. The Bertz CT molecular complexity index is 813. The Labute approximate surface area is 148 Å². The van der Waals surface area contributed by atoms with Gasteiger partial charge in [0, 0.05) is 24.3 Å². The van der Waals surface area contributed by atoms with E-state index in [0.717, 1.165) is 28.9 Å². The average molecular weight is 336 g/mol. The third-order valence-electron chi connectivity index (χ3n) is 4.77. The summed E-state index contributed by atoms with van der Waals surface area (Å²) in [6, 6.07) is 13.9. The summed E-state index contributed by atoms with van der Waals surface area (Å²) in [6.07, 6.45) is 1.18. The van der Waals surface area contributed by atoms with E-state index in [-0.39, 0.29) is 24.2 Å². The van der Waals surface area contributed by atoms with Crippen molar-refractivity contribution in [3.05, 3.63) is 59.2 Å². The quantitative estimate of drug-likeness (QED) is 0.922. The highest BCUT2D eigenvalue weighted by Gasteiger charge is 2.35. The van der Waals surface area contributed by atoms with E-state index in [9.17, 15) is 9.59 Å². The molecule has 1 aliphatic heterocycles. The Morgan fingerprint density at radius 2 is 2.00 bits per heavy atom. The lowest BCUT2D eigenvalue weighted by Gasteiger charge is -2.18. The van der Waals surface area contributed by atoms with Crippen LogP contribution in [0.3, 0.4) is 0 Å². The number of rotatable bonds is 4. The lowest BCUT2D eigenvalue weighted by Crippen LogP contribution is -2.28. The largest absolute Gasteiger partial charge is 0.326 e. The van der Waals surface area contributed by atoms with Crippen LogP contribution >= 0.6 is 0 Å². The van der Waals surface area contributed by atoms with Crippen molar-refractivity contribution in [3.8, 4) is 0 Å². The van der Waals surface area contributed by atoms with E-state index in [1.807, 2.05) is 50.2 Å². The van der Waals surface area contributed by atoms with Gasteiger partial charge >= 0.3 is 0 Å². The molecule has 0 saturated carbocycles. The van der Waals surface area contributed by atoms with Gasteiger partial charge in [0.2, 0.25) is 11.8 Å². The lowest BCUT2D eigenvalue weighted by atomic mass is 10.1. The topological polar surface area (TPSA) is 49.4 Å². The summed E-state index contributed by atoms with van der Waals surface area (Å²) in [5, 5.41) is 2.98. The second kappa shape index (κ2) is 7.09. The van der Waals surface area contributed by atoms with E-state index < -0.39 is 0 Å². The fourth-order valence-corrected chi connectivity index (χ4v) is 3.27. The zero-order chi connectivity index (χ0) is 18.0. The van der Waals surface area contributed by atoms with E-state index >= 15 is 0 Å². The molecular weight excluding hydrogens is 312 g/mol. The number of hydrogen-bond donors (Lipinski definition) is 1. The third kappa shape index (κ3) is 3.73. The van der Waals surface area contributed by atoms with Gasteiger partial charge in [0.25, 0.3) is 0 Å². The summed E-state index contributed by atoms with van der Waals surface area (Å²) in [5.41, 5.74) is 5.08. The molecule has 4 heteroatoms. The number of benzene rings is 2. The summed E-state index contributed by atoms with van der Waals surface area (Å²) in [7, 11) is 0. The van der Waals surface area contributed by atoms with Crippen molar-refractivity contribution in [2.45, 2.75) is 33.6 Å². The van der Waals surface area contributed by atoms with Crippen LogP contribution in [0.2, 0.25) is 0 Å². The molecular formula is C21H24N2O2. The molecule has 0 aliphatic carbocycles. The normalized spacial score (nSPS) is 17.0. The second-order valence-corrected chi connectivity index (χ2v) is 6.74. The van der Waals surface area contributed by atoms with Crippen LogP contribution in [0.15, 0.2) is 42.5 Å². The number of carbonyl (C=O) groups is 2. The molecule has 3 rings (SSSR count). The Hall–Kier alpha value is -2.62. The molecule has 1 aliphatic rings. The van der Waals surface area contributed by atoms with Gasteiger partial charge in [-0.2, -0.15) is 0 Å². The summed E-state index contributed by atoms with van der Waals surface area (Å²) < 4.78 is 0. The van der Waals surface area contributed by atoms with Crippen LogP contribution in [-0.4, -0.2) is 18.4 Å². The van der Waals surface area contributed by atoms with Gasteiger partial charge in [0.1, 0.15) is 0 Å². The summed E-state index contributed by atoms with van der Waals surface area (Å²) in [6.45, 7) is 6.52. The molecule has 1 saturated heterocycles. The number of nitrogens with zero attached hydrogens (tertiary/aromatic N) is 1. The van der Waals surface area contributed by atoms with Crippen molar-refractivity contribution in [2.75, 3.05) is 16.8 Å². The van der Waals surface area contributed by atoms with Crippen LogP contribution in [0.25, 0.3) is 0 Å². The first-order chi connectivity index (χ1) is 12.0. The lowest BCUT2D eigenvalue weighted by molar-refractivity contribution is -0.122. The SMILES string of the molecule is CCc1cccc(N2C[C@H](C(=O)Nc3ccc(C)cc3C)CC2=O)c1. The van der Waals surface area contributed by atoms with Crippen molar-refractivity contribution >= 4 is 23.2 Å². The van der Waals surface area contributed by atoms with Gasteiger partial charge in [-0.3, -0.25) is 9.59 Å². The number of amides is 2. The molecule has 0 aromatic heterocycles. The molecule has 4 nitrogen and oxygen atoms in total. The van der Waals surface area contributed by atoms with Gasteiger partial charge in [-0.15, -0.1) is 0 Å². The van der Waals surface area contributed by atoms with Crippen molar-refractivity contribution < 1.29 is 9.59 Å². The first-order valence-electron chi connectivity index (χ1n) is 8.75. The Morgan fingerprint density at radius 3 is 2.72 bits per heavy atom. The van der Waals surface area contributed by atoms with Crippen molar-refractivity contribution in [3.63, 3.8) is 0 Å². The van der Waals surface area contributed by atoms with Crippen LogP contribution in [-0.2, 0) is 16.0 Å². The maximum absolute atomic E-state index is 12.6. The molecule has 0 unspecified atom stereocenters. The molecule has 1 N–H and O–H groups in total. The number of carbonyl (C=O) groups excluding carboxylic acids is 2. The zero-order valence-corrected chi connectivity index (χ0v) is 15.0. The fraction of sp³-hybridized carbons (Fsp3) is 0.333. The molecule has 25 heavy (non-hydrogen) atoms. The van der Waals surface area contributed by atoms with Gasteiger partial charge in [-0.25, -0.2) is 0 Å². The molecule has 1 fully saturated rings. The Morgan fingerprint density at radius 1 is 1.20 bits per heavy atom. The van der Waals surface area contributed by atoms with Crippen LogP contribution in [0.4, 0.5) is 11.4 Å². The number of hydrogen-bond acceptors (Lipinski definition) is 2. The van der Waals surface area contributed by atoms with E-state index in [1.165, 1.54) is 5.56 Å². The van der Waals surface area contributed by atoms with E-state index in [1.54, 1.807) is 4.90 Å². The Balaban J connectivity index is 1.72. The third-order valence-corrected chi connectivity index (χ3v) is 4.77. The monoisotopic (exact) mass is 336 g/mol. The van der Waals surface area contributed by atoms with Crippen LogP contribution in [0.5, 0.6) is 0 Å². The van der Waals surface area contributed by atoms with Gasteiger partial charge in [0.05, 0.1) is 5.92 Å². The highest BCUT2D eigenvalue weighted by Crippen LogP contribution is 2.27. The summed E-state index contributed by atoms with van der Waals surface area (Å²) in [5.74, 6) is -0.401. The van der Waals surface area contributed by atoms with Gasteiger partial charge in [-0.1, -0.05) is 36.8 Å². The first-order valence-corrected chi connectivity index (χ1v) is 8.75. The highest BCUT2D eigenvalue weighted by molar-refractivity contribution is 6.03. The van der Waals surface area contributed by atoms with E-state index in [2.05, 4.69) is 18.3 Å². The maximum atomic E-state index is 12.6. The van der Waals surface area contributed by atoms with Crippen LogP contribution in [0.1, 0.15) is 30.0 Å². The van der Waals surface area contributed by atoms with Crippen molar-refractivity contribution in [1.29, 1.82) is 0 Å². The van der Waals surface area contributed by atoms with Crippen molar-refractivity contribution in [2.24, 2.45) is 5.92 Å². The molecule has 2 amide bonds. The van der Waals surface area contributed by atoms with Crippen LogP contribution in [0, 0.1) is 19.8 Å². The van der Waals surface area contributed by atoms with E-state index in [0.29, 0.717) is 6.54 Å². The minimum atomic E-state index is -0.321. The summed E-state index contributed by atoms with van der Waals surface area (Å²) in [4.78, 5) is 26.7. The zero-order valence-electron chi connectivity index (χ0n) is 15.0. The van der Waals surface area contributed by atoms with Crippen molar-refractivity contribution in [1.82, 2.24) is 0 Å². The predicted molar refractivity (Wildman–Crippen MR) is 101 cm³/mol. The maximum Gasteiger partial charge on any atom is 0.229 e. The molecule has 2 aromatic carbocycles. The van der Waals surface area contributed by atoms with Gasteiger partial charge < -0.3 is 10.2 Å². The first kappa shape index (κ1) is 17.2. The number of aryl methyl sites for hydroxylation is 3. The fourth-order valence-electron chi connectivity index (χ4n) is 3.27. The molecule has 0 radical (unpaired) electrons. The Kier molecular flexibility index (Phi) is 4.88. The molecule has 1 atom stereocenters. The second-order valence-electron chi connectivity index (χ2n) is 6.74. The smallest absolute Gasteiger partial charge is 0.229 e. The van der Waals surface area contributed by atoms with Gasteiger partial charge in [-0.05, 0) is 49.6 Å². The highest BCUT2D eigenvalue weighted by atomic mass is 16.2. The predicted octanol–water partition coefficient (Wildman–Crippen LogP) is 3.86. The van der Waals surface area contributed by atoms with Crippen LogP contribution < -0.4 is 10.2 Å². The minimum Gasteiger partial charge on any atom is -0.326 e. The molecule has 0 spiro atoms. The number of anilines is 2. The van der Waals surface area contributed by atoms with E-state index in [4.69, 9.17) is 0 Å². The molecule has 0 bridgehead atoms. The number of nitrogens with one attached hydrogen (secondary N) is 1. The van der Waals surface area contributed by atoms with Gasteiger partial charge in [0.15, 0.2) is 0 Å². The molecule has 2 aromatic rings. The summed E-state index contributed by atoms with van der Waals surface area (Å²) >= 11 is 0.